The molecule has 0 atom stereocenters. The van der Waals surface area contributed by atoms with E-state index in [0.29, 0.717) is 0 Å². The Bertz CT molecular complexity index is 3010. The molecule has 0 spiro atoms. The molecule has 12 nitrogen and oxygen atoms in total. The van der Waals surface area contributed by atoms with Gasteiger partial charge in [0.2, 0.25) is 0 Å². The molecule has 0 amide bonds. The van der Waals surface area contributed by atoms with Gasteiger partial charge in [0, 0.05) is 0 Å². The zero-order chi connectivity index (χ0) is 44.5. The lowest BCUT2D eigenvalue weighted by atomic mass is 10.1. The van der Waals surface area contributed by atoms with Gasteiger partial charge in [0.15, 0.2) is 0 Å². The van der Waals surface area contributed by atoms with Crippen LogP contribution in [0.3, 0.4) is 0 Å². The summed E-state index contributed by atoms with van der Waals surface area (Å²) in [5.74, 6) is 0. The molecule has 0 fully saturated rings. The van der Waals surface area contributed by atoms with Crippen molar-refractivity contribution in [3.05, 3.63) is 182 Å². The summed E-state index contributed by atoms with van der Waals surface area (Å²) in [6.45, 7) is 0. The van der Waals surface area contributed by atoms with E-state index in [9.17, 15) is 51.9 Å². The van der Waals surface area contributed by atoms with Gasteiger partial charge >= 0.3 is 0 Å². The Morgan fingerprint density at radius 2 is 0.548 bits per heavy atom. The van der Waals surface area contributed by atoms with E-state index in [1.165, 1.54) is 48.5 Å². The maximum absolute atomic E-state index is 11.4. The maximum atomic E-state index is 11.4. The van der Waals surface area contributed by atoms with Crippen LogP contribution in [0.2, 0.25) is 0 Å². The van der Waals surface area contributed by atoms with Gasteiger partial charge in [0.25, 0.3) is 40.5 Å². The van der Waals surface area contributed by atoms with Gasteiger partial charge in [0.05, 0.1) is 19.6 Å². The molecule has 18 heteroatoms. The highest BCUT2D eigenvalue weighted by molar-refractivity contribution is 7.86. The van der Waals surface area contributed by atoms with Crippen LogP contribution in [0.1, 0.15) is 0 Å². The van der Waals surface area contributed by atoms with Crippen LogP contribution in [0.5, 0.6) is 0 Å². The molecule has 0 unspecified atom stereocenters. The van der Waals surface area contributed by atoms with Crippen LogP contribution in [0.15, 0.2) is 189 Å². The first kappa shape index (κ1) is 44.8. The molecule has 62 heavy (non-hydrogen) atoms. The lowest BCUT2D eigenvalue weighted by Crippen LogP contribution is -2.21. The Labute approximate surface area is 361 Å². The zero-order valence-corrected chi connectivity index (χ0v) is 36.8. The molecule has 8 aromatic carbocycles. The van der Waals surface area contributed by atoms with E-state index in [2.05, 4.69) is 12.1 Å². The van der Waals surface area contributed by atoms with Crippen molar-refractivity contribution >= 4 is 110 Å². The second kappa shape index (κ2) is 17.9. The Kier molecular flexibility index (Phi) is 12.9. The Morgan fingerprint density at radius 1 is 0.306 bits per heavy atom. The highest BCUT2D eigenvalue weighted by Gasteiger charge is 2.22. The third-order valence-corrected chi connectivity index (χ3v) is 17.6. The average Bonchev–Trinajstić information content (AvgIpc) is 3.23. The summed E-state index contributed by atoms with van der Waals surface area (Å²) in [7, 11) is -19.7. The number of hydrogen-bond donors (Lipinski definition) is 4. The summed E-state index contributed by atoms with van der Waals surface area (Å²) in [6, 6.07) is 53.7. The molecule has 0 aromatic heterocycles. The van der Waals surface area contributed by atoms with Crippen molar-refractivity contribution in [3.8, 4) is 0 Å². The quantitative estimate of drug-likeness (QED) is 0.0948. The standard InChI is InChI=1S/2C22H16O6PS2/c2*23-30(24,25)21-11-7-18(8-12-21)29(19-9-13-22(14-10-19)31(26,27)28)20-6-5-16-3-1-2-4-17(16)15-20/h2*1-14H,(H,23,24,25)(H,26,27,28). The van der Waals surface area contributed by atoms with E-state index < -0.39 is 56.3 Å². The first-order chi connectivity index (χ1) is 29.3. The van der Waals surface area contributed by atoms with Crippen LogP contribution in [-0.2, 0) is 40.5 Å². The Morgan fingerprint density at radius 3 is 0.790 bits per heavy atom. The molecule has 0 aliphatic heterocycles. The van der Waals surface area contributed by atoms with Crippen molar-refractivity contribution < 1.29 is 51.9 Å². The molecule has 0 saturated carbocycles. The van der Waals surface area contributed by atoms with Crippen LogP contribution < -0.4 is 31.8 Å². The minimum Gasteiger partial charge on any atom is -0.282 e. The van der Waals surface area contributed by atoms with Gasteiger partial charge in [-0.3, -0.25) is 18.2 Å². The van der Waals surface area contributed by atoms with Gasteiger partial charge in [-0.1, -0.05) is 121 Å². The predicted octanol–water partition coefficient (Wildman–Crippen LogP) is 5.78. The molecule has 0 aliphatic carbocycles. The predicted molar refractivity (Wildman–Crippen MR) is 242 cm³/mol. The maximum Gasteiger partial charge on any atom is 0.294 e. The van der Waals surface area contributed by atoms with Gasteiger partial charge in [-0.25, -0.2) is 0 Å². The third kappa shape index (κ3) is 10.5. The molecule has 0 heterocycles. The van der Waals surface area contributed by atoms with Crippen LogP contribution >= 0.6 is 15.8 Å². The Hall–Kier alpha value is -5.22. The zero-order valence-electron chi connectivity index (χ0n) is 31.7. The Balaban J connectivity index is 0.000000186. The SMILES string of the molecule is O=S(=O)(O)c1ccc(P(c2[c]c3ccccc3cc2)c2ccc(S(=O)(=O)O)cc2)cc1.O=S(=O)(O)c1ccc(P(c2[c]c3ccccc3cc2)c2ccc(S(=O)(=O)O)cc2)cc1. The van der Waals surface area contributed by atoms with Crippen LogP contribution in [0.25, 0.3) is 21.5 Å². The van der Waals surface area contributed by atoms with Crippen LogP contribution in [-0.4, -0.2) is 51.9 Å². The highest BCUT2D eigenvalue weighted by Crippen LogP contribution is 2.36. The normalized spacial score (nSPS) is 12.4. The van der Waals surface area contributed by atoms with E-state index in [-0.39, 0.29) is 19.6 Å². The molecule has 314 valence electrons. The smallest absolute Gasteiger partial charge is 0.282 e. The summed E-state index contributed by atoms with van der Waals surface area (Å²) in [5, 5.41) is 8.72. The highest BCUT2D eigenvalue weighted by atomic mass is 32.2. The minimum atomic E-state index is -4.32. The summed E-state index contributed by atoms with van der Waals surface area (Å²) in [6.07, 6.45) is 0. The van der Waals surface area contributed by atoms with E-state index in [4.69, 9.17) is 0 Å². The van der Waals surface area contributed by atoms with Crippen molar-refractivity contribution in [2.45, 2.75) is 19.6 Å². The number of rotatable bonds is 10. The van der Waals surface area contributed by atoms with Crippen molar-refractivity contribution in [2.24, 2.45) is 0 Å². The molecule has 8 aromatic rings. The molecule has 2 radical (unpaired) electrons. The minimum absolute atomic E-state index is 0.213. The second-order valence-electron chi connectivity index (χ2n) is 13.4. The number of fused-ring (bicyclic) bond motifs is 2. The molecule has 0 aliphatic rings. The van der Waals surface area contributed by atoms with Crippen molar-refractivity contribution in [1.29, 1.82) is 0 Å². The van der Waals surface area contributed by atoms with Gasteiger partial charge in [-0.05, 0) is 130 Å². The topological polar surface area (TPSA) is 217 Å². The van der Waals surface area contributed by atoms with Crippen molar-refractivity contribution in [3.63, 3.8) is 0 Å². The molecule has 0 saturated heterocycles. The summed E-state index contributed by atoms with van der Waals surface area (Å²) in [4.78, 5) is -0.850. The first-order valence-electron chi connectivity index (χ1n) is 18.0. The molecule has 4 N–H and O–H groups in total. The third-order valence-electron chi connectivity index (χ3n) is 9.34. The van der Waals surface area contributed by atoms with E-state index in [1.807, 2.05) is 72.8 Å². The second-order valence-corrected chi connectivity index (χ2v) is 23.5. The van der Waals surface area contributed by atoms with E-state index >= 15 is 0 Å². The largest absolute Gasteiger partial charge is 0.294 e. The fourth-order valence-electron chi connectivity index (χ4n) is 6.39. The lowest BCUT2D eigenvalue weighted by Gasteiger charge is -2.20. The molecule has 0 bridgehead atoms. The summed E-state index contributed by atoms with van der Waals surface area (Å²) < 4.78 is 128. The van der Waals surface area contributed by atoms with Crippen molar-refractivity contribution in [1.82, 2.24) is 0 Å². The molecular formula is C44H32O12P2S4. The fraction of sp³-hybridized carbons (Fsp3) is 0. The average molecular weight is 943 g/mol. The fourth-order valence-corrected chi connectivity index (χ4v) is 12.7. The van der Waals surface area contributed by atoms with Crippen LogP contribution in [0.4, 0.5) is 0 Å². The van der Waals surface area contributed by atoms with Gasteiger partial charge in [0.1, 0.15) is 0 Å². The van der Waals surface area contributed by atoms with Gasteiger partial charge in [-0.2, -0.15) is 33.7 Å². The summed E-state index contributed by atoms with van der Waals surface area (Å²) >= 11 is 0. The van der Waals surface area contributed by atoms with Gasteiger partial charge < -0.3 is 0 Å². The van der Waals surface area contributed by atoms with E-state index in [0.717, 1.165) is 53.4 Å². The van der Waals surface area contributed by atoms with Gasteiger partial charge in [-0.15, -0.1) is 0 Å². The molecule has 8 rings (SSSR count). The lowest BCUT2D eigenvalue weighted by molar-refractivity contribution is 0.481. The first-order valence-corrected chi connectivity index (χ1v) is 26.4. The van der Waals surface area contributed by atoms with E-state index in [1.54, 1.807) is 48.5 Å². The summed E-state index contributed by atoms with van der Waals surface area (Å²) in [5.41, 5.74) is 0. The molecular weight excluding hydrogens is 911 g/mol. The monoisotopic (exact) mass is 942 g/mol. The number of hydrogen-bond acceptors (Lipinski definition) is 8. The van der Waals surface area contributed by atoms with Crippen LogP contribution in [0, 0.1) is 12.1 Å². The van der Waals surface area contributed by atoms with Crippen molar-refractivity contribution in [2.75, 3.05) is 0 Å². The number of benzene rings is 8.